The lowest BCUT2D eigenvalue weighted by atomic mass is 10.0. The minimum Gasteiger partial charge on any atom is -0.488 e. The second-order valence-electron chi connectivity index (χ2n) is 12.7. The van der Waals surface area contributed by atoms with Crippen LogP contribution in [0.4, 0.5) is 20.7 Å². The predicted molar refractivity (Wildman–Crippen MR) is 181 cm³/mol. The zero-order valence-electron chi connectivity index (χ0n) is 27.2. The first kappa shape index (κ1) is 31.4. The monoisotopic (exact) mass is 651 g/mol. The standard InChI is InChI=1S/C37H38FN5O5/c1-22(2)41-12-10-28(11-13-41)47-34-20-25-18-26(17-24(25)19-31(34)42-14-15-46-37(42)45)35(44)29-21-40-43(36(29)39)27-8-9-32(23(3)16-27)48-33-7-5-4-6-30(33)38/h4-9,16,18-22,28H,10-15,17,39H2,1-3H3. The van der Waals surface area contributed by atoms with Crippen molar-refractivity contribution in [2.45, 2.75) is 52.2 Å². The second kappa shape index (κ2) is 12.8. The Labute approximate surface area is 278 Å². The summed E-state index contributed by atoms with van der Waals surface area (Å²) >= 11 is 0. The van der Waals surface area contributed by atoms with Crippen LogP contribution in [-0.2, 0) is 11.2 Å². The van der Waals surface area contributed by atoms with Crippen LogP contribution >= 0.6 is 0 Å². The first-order valence-electron chi connectivity index (χ1n) is 16.3. The average molecular weight is 652 g/mol. The summed E-state index contributed by atoms with van der Waals surface area (Å²) in [4.78, 5) is 30.5. The molecule has 0 radical (unpaired) electrons. The summed E-state index contributed by atoms with van der Waals surface area (Å²) in [5, 5.41) is 4.43. The number of piperidine rings is 1. The number of nitrogens with two attached hydrogens (primary N) is 1. The molecule has 11 heteroatoms. The summed E-state index contributed by atoms with van der Waals surface area (Å²) in [7, 11) is 0. The Balaban J connectivity index is 1.11. The summed E-state index contributed by atoms with van der Waals surface area (Å²) in [6.07, 6.45) is 5.13. The first-order valence-corrected chi connectivity index (χ1v) is 16.3. The van der Waals surface area contributed by atoms with Crippen LogP contribution in [0.3, 0.4) is 0 Å². The van der Waals surface area contributed by atoms with Gasteiger partial charge in [-0.05, 0) is 98.8 Å². The van der Waals surface area contributed by atoms with E-state index in [0.29, 0.717) is 54.1 Å². The number of benzene rings is 3. The van der Waals surface area contributed by atoms with E-state index in [2.05, 4.69) is 23.8 Å². The molecule has 48 heavy (non-hydrogen) atoms. The molecule has 3 aromatic carbocycles. The molecule has 248 valence electrons. The van der Waals surface area contributed by atoms with E-state index in [9.17, 15) is 14.0 Å². The maximum atomic E-state index is 14.1. The van der Waals surface area contributed by atoms with Gasteiger partial charge in [-0.3, -0.25) is 9.69 Å². The molecule has 10 nitrogen and oxygen atoms in total. The Bertz CT molecular complexity index is 1930. The molecule has 0 saturated carbocycles. The quantitative estimate of drug-likeness (QED) is 0.199. The topological polar surface area (TPSA) is 112 Å². The number of carbonyl (C=O) groups is 2. The fraction of sp³-hybridized carbons (Fsp3) is 0.324. The Morgan fingerprint density at radius 2 is 1.83 bits per heavy atom. The van der Waals surface area contributed by atoms with Crippen molar-refractivity contribution in [3.63, 3.8) is 0 Å². The van der Waals surface area contributed by atoms with E-state index in [1.165, 1.54) is 16.9 Å². The number of carbonyl (C=O) groups excluding carboxylic acids is 2. The number of ketones is 1. The number of nitrogen functional groups attached to an aromatic ring is 1. The largest absolute Gasteiger partial charge is 0.488 e. The van der Waals surface area contributed by atoms with Gasteiger partial charge in [0.1, 0.15) is 30.0 Å². The van der Waals surface area contributed by atoms with Gasteiger partial charge >= 0.3 is 6.09 Å². The van der Waals surface area contributed by atoms with Crippen LogP contribution in [0.1, 0.15) is 53.7 Å². The maximum Gasteiger partial charge on any atom is 0.414 e. The molecule has 2 N–H and O–H groups in total. The van der Waals surface area contributed by atoms with Crippen molar-refractivity contribution >= 4 is 29.5 Å². The van der Waals surface area contributed by atoms with Crippen LogP contribution in [0.5, 0.6) is 17.2 Å². The van der Waals surface area contributed by atoms with E-state index in [1.54, 1.807) is 35.2 Å². The number of amides is 1. The van der Waals surface area contributed by atoms with E-state index in [4.69, 9.17) is 19.9 Å². The van der Waals surface area contributed by atoms with E-state index in [1.807, 2.05) is 31.2 Å². The highest BCUT2D eigenvalue weighted by Gasteiger charge is 2.32. The minimum atomic E-state index is -0.454. The number of cyclic esters (lactones) is 1. The molecule has 4 aromatic rings. The molecule has 3 aliphatic rings. The number of ether oxygens (including phenoxy) is 3. The number of anilines is 2. The second-order valence-corrected chi connectivity index (χ2v) is 12.7. The lowest BCUT2D eigenvalue weighted by molar-refractivity contribution is 0.0845. The molecule has 3 heterocycles. The lowest BCUT2D eigenvalue weighted by Crippen LogP contribution is -2.42. The normalized spacial score (nSPS) is 16.6. The van der Waals surface area contributed by atoms with Crippen LogP contribution < -0.4 is 20.1 Å². The molecular weight excluding hydrogens is 613 g/mol. The number of halogens is 1. The number of allylic oxidation sites excluding steroid dienone is 1. The number of aryl methyl sites for hydroxylation is 1. The molecule has 0 spiro atoms. The third-order valence-electron chi connectivity index (χ3n) is 9.29. The van der Waals surface area contributed by atoms with E-state index < -0.39 is 11.9 Å². The van der Waals surface area contributed by atoms with Gasteiger partial charge in [-0.15, -0.1) is 0 Å². The molecule has 2 saturated heterocycles. The number of likely N-dealkylation sites (tertiary alicyclic amines) is 1. The highest BCUT2D eigenvalue weighted by atomic mass is 19.1. The van der Waals surface area contributed by atoms with Crippen molar-refractivity contribution in [2.24, 2.45) is 0 Å². The summed E-state index contributed by atoms with van der Waals surface area (Å²) in [5.41, 5.74) is 11.2. The van der Waals surface area contributed by atoms with E-state index in [0.717, 1.165) is 42.6 Å². The van der Waals surface area contributed by atoms with Crippen LogP contribution in [0.25, 0.3) is 11.8 Å². The smallest absolute Gasteiger partial charge is 0.414 e. The van der Waals surface area contributed by atoms with Crippen molar-refractivity contribution < 1.29 is 28.2 Å². The Morgan fingerprint density at radius 1 is 1.04 bits per heavy atom. The highest BCUT2D eigenvalue weighted by molar-refractivity contribution is 6.15. The minimum absolute atomic E-state index is 0.0244. The number of nitrogens with zero attached hydrogens (tertiary/aromatic N) is 4. The molecule has 1 amide bonds. The highest BCUT2D eigenvalue weighted by Crippen LogP contribution is 2.40. The molecule has 2 aliphatic heterocycles. The van der Waals surface area contributed by atoms with Gasteiger partial charge in [-0.25, -0.2) is 13.9 Å². The van der Waals surface area contributed by atoms with Crippen LogP contribution in [0.2, 0.25) is 0 Å². The number of hydrogen-bond acceptors (Lipinski definition) is 8. The summed E-state index contributed by atoms with van der Waals surface area (Å²) in [5.74, 6) is 0.762. The molecule has 1 aliphatic carbocycles. The number of fused-ring (bicyclic) bond motifs is 1. The van der Waals surface area contributed by atoms with Gasteiger partial charge in [0.05, 0.1) is 29.7 Å². The third kappa shape index (κ3) is 6.01. The summed E-state index contributed by atoms with van der Waals surface area (Å²) < 4.78 is 33.2. The van der Waals surface area contributed by atoms with E-state index in [-0.39, 0.29) is 29.0 Å². The zero-order valence-corrected chi connectivity index (χ0v) is 27.2. The van der Waals surface area contributed by atoms with Crippen LogP contribution in [0, 0.1) is 12.7 Å². The first-order chi connectivity index (χ1) is 23.2. The molecule has 7 rings (SSSR count). The van der Waals surface area contributed by atoms with Crippen molar-refractivity contribution in [3.05, 3.63) is 94.4 Å². The van der Waals surface area contributed by atoms with Crippen molar-refractivity contribution in [1.82, 2.24) is 14.7 Å². The molecule has 0 unspecified atom stereocenters. The predicted octanol–water partition coefficient (Wildman–Crippen LogP) is 6.72. The molecule has 0 bridgehead atoms. The van der Waals surface area contributed by atoms with Gasteiger partial charge in [0.25, 0.3) is 0 Å². The Hall–Kier alpha value is -5.16. The fourth-order valence-electron chi connectivity index (χ4n) is 6.55. The third-order valence-corrected chi connectivity index (χ3v) is 9.29. The summed E-state index contributed by atoms with van der Waals surface area (Å²) in [6.45, 7) is 8.90. The SMILES string of the molecule is Cc1cc(-n2ncc(C(=O)C3=Cc4cc(OC5CCN(C(C)C)CC5)c(N5CCOC5=O)cc4C3)c2N)ccc1Oc1ccccc1F. The van der Waals surface area contributed by atoms with Gasteiger partial charge < -0.3 is 24.8 Å². The van der Waals surface area contributed by atoms with Gasteiger partial charge in [0.15, 0.2) is 17.3 Å². The molecule has 1 aromatic heterocycles. The average Bonchev–Trinajstić information content (AvgIpc) is 3.80. The maximum absolute atomic E-state index is 14.1. The Morgan fingerprint density at radius 3 is 2.54 bits per heavy atom. The summed E-state index contributed by atoms with van der Waals surface area (Å²) in [6, 6.07) is 15.9. The van der Waals surface area contributed by atoms with Crippen LogP contribution in [0.15, 0.2) is 66.4 Å². The number of para-hydroxylation sites is 1. The number of rotatable bonds is 9. The van der Waals surface area contributed by atoms with Crippen molar-refractivity contribution in [1.29, 1.82) is 0 Å². The van der Waals surface area contributed by atoms with Crippen LogP contribution in [-0.4, -0.2) is 64.9 Å². The Kier molecular flexibility index (Phi) is 8.38. The van der Waals surface area contributed by atoms with Gasteiger partial charge in [0, 0.05) is 31.1 Å². The van der Waals surface area contributed by atoms with Crippen molar-refractivity contribution in [2.75, 3.05) is 36.9 Å². The van der Waals surface area contributed by atoms with E-state index >= 15 is 0 Å². The van der Waals surface area contributed by atoms with Gasteiger partial charge in [-0.2, -0.15) is 5.10 Å². The number of hydrogen-bond donors (Lipinski definition) is 1. The molecule has 0 atom stereocenters. The molecule has 2 fully saturated rings. The lowest BCUT2D eigenvalue weighted by Gasteiger charge is -2.35. The zero-order chi connectivity index (χ0) is 33.5. The number of Topliss-reactive ketones (excluding diaryl/α,β-unsaturated/α-hetero) is 1. The van der Waals surface area contributed by atoms with Gasteiger partial charge in [0.2, 0.25) is 0 Å². The van der Waals surface area contributed by atoms with Gasteiger partial charge in [-0.1, -0.05) is 12.1 Å². The molecular formula is C37H38FN5O5. The fourth-order valence-corrected chi connectivity index (χ4v) is 6.55. The van der Waals surface area contributed by atoms with Crippen molar-refractivity contribution in [3.8, 4) is 22.9 Å². The number of aromatic nitrogens is 2.